The minimum atomic E-state index is -0.564. The van der Waals surface area contributed by atoms with Gasteiger partial charge in [0.15, 0.2) is 0 Å². The summed E-state index contributed by atoms with van der Waals surface area (Å²) < 4.78 is 0. The molecule has 2 atom stereocenters. The van der Waals surface area contributed by atoms with Crippen molar-refractivity contribution in [3.63, 3.8) is 0 Å². The molecule has 0 aliphatic heterocycles. The van der Waals surface area contributed by atoms with Crippen LogP contribution in [0, 0.1) is 11.8 Å². The third-order valence-corrected chi connectivity index (χ3v) is 3.40. The van der Waals surface area contributed by atoms with Crippen LogP contribution in [-0.2, 0) is 4.79 Å². The van der Waals surface area contributed by atoms with E-state index in [1.165, 1.54) is 25.7 Å². The maximum Gasteiger partial charge on any atom is 0.306 e. The highest BCUT2D eigenvalue weighted by Crippen LogP contribution is 2.33. The van der Waals surface area contributed by atoms with Gasteiger partial charge in [-0.05, 0) is 25.2 Å². The molecule has 1 aliphatic rings. The van der Waals surface area contributed by atoms with Crippen molar-refractivity contribution in [2.24, 2.45) is 11.8 Å². The Balaban J connectivity index is 2.34. The molecular formula is C12H22O2. The molecule has 0 aromatic heterocycles. The van der Waals surface area contributed by atoms with E-state index >= 15 is 0 Å². The van der Waals surface area contributed by atoms with Gasteiger partial charge in [0.25, 0.3) is 0 Å². The highest BCUT2D eigenvalue weighted by Gasteiger charge is 2.29. The summed E-state index contributed by atoms with van der Waals surface area (Å²) in [5.74, 6) is -0.139. The van der Waals surface area contributed by atoms with Crippen molar-refractivity contribution in [1.82, 2.24) is 0 Å². The fourth-order valence-corrected chi connectivity index (χ4v) is 2.53. The van der Waals surface area contributed by atoms with Crippen molar-refractivity contribution in [3.8, 4) is 0 Å². The lowest BCUT2D eigenvalue weighted by atomic mass is 9.77. The van der Waals surface area contributed by atoms with Crippen molar-refractivity contribution in [2.75, 3.05) is 0 Å². The predicted octanol–water partition coefficient (Wildman–Crippen LogP) is 3.46. The topological polar surface area (TPSA) is 37.3 Å². The zero-order chi connectivity index (χ0) is 10.4. The number of rotatable bonds is 5. The van der Waals surface area contributed by atoms with Crippen LogP contribution in [-0.4, -0.2) is 11.1 Å². The van der Waals surface area contributed by atoms with Crippen LogP contribution in [0.5, 0.6) is 0 Å². The lowest BCUT2D eigenvalue weighted by Gasteiger charge is -2.28. The molecule has 0 aromatic carbocycles. The average Bonchev–Trinajstić information content (AvgIpc) is 2.19. The molecule has 0 amide bonds. The van der Waals surface area contributed by atoms with Crippen molar-refractivity contribution < 1.29 is 9.90 Å². The molecule has 1 rings (SSSR count). The molecule has 2 unspecified atom stereocenters. The summed E-state index contributed by atoms with van der Waals surface area (Å²) in [7, 11) is 0. The number of carboxylic acids is 1. The van der Waals surface area contributed by atoms with Crippen LogP contribution < -0.4 is 0 Å². The Morgan fingerprint density at radius 2 is 2.00 bits per heavy atom. The summed E-state index contributed by atoms with van der Waals surface area (Å²) in [5, 5.41) is 9.07. The SMILES string of the molecule is CCCCCC1CCCCC1C(=O)O. The van der Waals surface area contributed by atoms with Gasteiger partial charge in [-0.15, -0.1) is 0 Å². The summed E-state index contributed by atoms with van der Waals surface area (Å²) in [6.45, 7) is 2.19. The zero-order valence-corrected chi connectivity index (χ0v) is 9.17. The van der Waals surface area contributed by atoms with E-state index in [4.69, 9.17) is 5.11 Å². The fraction of sp³-hybridized carbons (Fsp3) is 0.917. The van der Waals surface area contributed by atoms with Gasteiger partial charge in [-0.1, -0.05) is 39.0 Å². The third kappa shape index (κ3) is 3.32. The van der Waals surface area contributed by atoms with Crippen molar-refractivity contribution >= 4 is 5.97 Å². The molecule has 0 radical (unpaired) electrons. The van der Waals surface area contributed by atoms with Gasteiger partial charge in [0.1, 0.15) is 0 Å². The molecular weight excluding hydrogens is 176 g/mol. The van der Waals surface area contributed by atoms with Crippen molar-refractivity contribution in [1.29, 1.82) is 0 Å². The van der Waals surface area contributed by atoms with Gasteiger partial charge in [-0.25, -0.2) is 0 Å². The Morgan fingerprint density at radius 3 is 2.64 bits per heavy atom. The quantitative estimate of drug-likeness (QED) is 0.687. The lowest BCUT2D eigenvalue weighted by Crippen LogP contribution is -2.26. The second kappa shape index (κ2) is 6.05. The maximum atomic E-state index is 11.0. The summed E-state index contributed by atoms with van der Waals surface area (Å²) in [4.78, 5) is 11.0. The van der Waals surface area contributed by atoms with E-state index in [1.54, 1.807) is 0 Å². The summed E-state index contributed by atoms with van der Waals surface area (Å²) in [6.07, 6.45) is 9.22. The van der Waals surface area contributed by atoms with E-state index in [1.807, 2.05) is 0 Å². The Hall–Kier alpha value is -0.530. The first kappa shape index (κ1) is 11.5. The summed E-state index contributed by atoms with van der Waals surface area (Å²) in [5.41, 5.74) is 0. The first-order valence-electron chi connectivity index (χ1n) is 5.98. The van der Waals surface area contributed by atoms with Crippen LogP contribution in [0.3, 0.4) is 0 Å². The minimum absolute atomic E-state index is 0.0411. The average molecular weight is 198 g/mol. The smallest absolute Gasteiger partial charge is 0.306 e. The monoisotopic (exact) mass is 198 g/mol. The number of carbonyl (C=O) groups is 1. The second-order valence-corrected chi connectivity index (χ2v) is 4.49. The maximum absolute atomic E-state index is 11.0. The second-order valence-electron chi connectivity index (χ2n) is 4.49. The molecule has 82 valence electrons. The predicted molar refractivity (Wildman–Crippen MR) is 57.2 cm³/mol. The van der Waals surface area contributed by atoms with Crippen LogP contribution in [0.25, 0.3) is 0 Å². The third-order valence-electron chi connectivity index (χ3n) is 3.40. The van der Waals surface area contributed by atoms with Gasteiger partial charge in [0, 0.05) is 0 Å². The van der Waals surface area contributed by atoms with E-state index in [0.29, 0.717) is 5.92 Å². The van der Waals surface area contributed by atoms with E-state index < -0.39 is 5.97 Å². The highest BCUT2D eigenvalue weighted by molar-refractivity contribution is 5.70. The molecule has 0 heterocycles. The minimum Gasteiger partial charge on any atom is -0.481 e. The molecule has 14 heavy (non-hydrogen) atoms. The molecule has 1 aliphatic carbocycles. The number of unbranched alkanes of at least 4 members (excludes halogenated alkanes) is 2. The van der Waals surface area contributed by atoms with Crippen molar-refractivity contribution in [3.05, 3.63) is 0 Å². The zero-order valence-electron chi connectivity index (χ0n) is 9.17. The van der Waals surface area contributed by atoms with Crippen LogP contribution in [0.2, 0.25) is 0 Å². The van der Waals surface area contributed by atoms with E-state index in [0.717, 1.165) is 25.7 Å². The van der Waals surface area contributed by atoms with Crippen LogP contribution >= 0.6 is 0 Å². The van der Waals surface area contributed by atoms with Gasteiger partial charge in [-0.2, -0.15) is 0 Å². The first-order valence-corrected chi connectivity index (χ1v) is 5.98. The standard InChI is InChI=1S/C12H22O2/c1-2-3-4-7-10-8-5-6-9-11(10)12(13)14/h10-11H,2-9H2,1H3,(H,13,14). The Labute approximate surface area is 86.7 Å². The fourth-order valence-electron chi connectivity index (χ4n) is 2.53. The first-order chi connectivity index (χ1) is 6.75. The molecule has 1 N–H and O–H groups in total. The lowest BCUT2D eigenvalue weighted by molar-refractivity contribution is -0.145. The largest absolute Gasteiger partial charge is 0.481 e. The molecule has 0 spiro atoms. The molecule has 1 saturated carbocycles. The van der Waals surface area contributed by atoms with Gasteiger partial charge in [0.2, 0.25) is 0 Å². The molecule has 2 heteroatoms. The molecule has 1 fully saturated rings. The van der Waals surface area contributed by atoms with Gasteiger partial charge < -0.3 is 5.11 Å². The van der Waals surface area contributed by atoms with E-state index in [9.17, 15) is 4.79 Å². The molecule has 0 saturated heterocycles. The van der Waals surface area contributed by atoms with Crippen LogP contribution in [0.15, 0.2) is 0 Å². The number of aliphatic carboxylic acids is 1. The highest BCUT2D eigenvalue weighted by atomic mass is 16.4. The molecule has 0 bridgehead atoms. The Kier molecular flexibility index (Phi) is 4.99. The van der Waals surface area contributed by atoms with E-state index in [-0.39, 0.29) is 5.92 Å². The van der Waals surface area contributed by atoms with Gasteiger partial charge in [0.05, 0.1) is 5.92 Å². The van der Waals surface area contributed by atoms with E-state index in [2.05, 4.69) is 6.92 Å². The van der Waals surface area contributed by atoms with Crippen LogP contribution in [0.4, 0.5) is 0 Å². The normalized spacial score (nSPS) is 27.5. The van der Waals surface area contributed by atoms with Gasteiger partial charge in [-0.3, -0.25) is 4.79 Å². The Bertz CT molecular complexity index is 177. The number of hydrogen-bond donors (Lipinski definition) is 1. The summed E-state index contributed by atoms with van der Waals surface area (Å²) in [6, 6.07) is 0. The number of hydrogen-bond acceptors (Lipinski definition) is 1. The summed E-state index contributed by atoms with van der Waals surface area (Å²) >= 11 is 0. The molecule has 0 aromatic rings. The van der Waals surface area contributed by atoms with Gasteiger partial charge >= 0.3 is 5.97 Å². The van der Waals surface area contributed by atoms with Crippen molar-refractivity contribution in [2.45, 2.75) is 58.3 Å². The Morgan fingerprint density at radius 1 is 1.29 bits per heavy atom. The number of carboxylic acid groups (broad SMARTS) is 1. The molecule has 2 nitrogen and oxygen atoms in total. The van der Waals surface area contributed by atoms with Crippen LogP contribution in [0.1, 0.15) is 58.3 Å².